The molecule has 3 aliphatic rings. The molecule has 2 aliphatic heterocycles. The number of ether oxygens (including phenoxy) is 2. The fourth-order valence-corrected chi connectivity index (χ4v) is 4.72. The third-order valence-corrected chi connectivity index (χ3v) is 6.03. The fraction of sp³-hybridized carbons (Fsp3) is 0.333. The molecule has 1 atom stereocenters. The molecule has 2 aromatic rings. The lowest BCUT2D eigenvalue weighted by molar-refractivity contribution is -0.121. The Kier molecular flexibility index (Phi) is 4.20. The van der Waals surface area contributed by atoms with Gasteiger partial charge in [-0.15, -0.1) is 0 Å². The summed E-state index contributed by atoms with van der Waals surface area (Å²) in [6, 6.07) is 11.4. The Bertz CT molecular complexity index is 1090. The second-order valence-electron chi connectivity index (χ2n) is 8.88. The highest BCUT2D eigenvalue weighted by Crippen LogP contribution is 2.49. The van der Waals surface area contributed by atoms with E-state index in [4.69, 9.17) is 9.47 Å². The minimum atomic E-state index is -0.365. The van der Waals surface area contributed by atoms with E-state index in [0.717, 1.165) is 11.3 Å². The maximum absolute atomic E-state index is 13.5. The predicted molar refractivity (Wildman–Crippen MR) is 109 cm³/mol. The van der Waals surface area contributed by atoms with Gasteiger partial charge in [0.15, 0.2) is 17.3 Å². The molecule has 30 heavy (non-hydrogen) atoms. The zero-order valence-corrected chi connectivity index (χ0v) is 16.9. The van der Waals surface area contributed by atoms with Gasteiger partial charge in [-0.1, -0.05) is 19.9 Å². The van der Waals surface area contributed by atoms with Crippen LogP contribution in [0.1, 0.15) is 44.6 Å². The van der Waals surface area contributed by atoms with Crippen molar-refractivity contribution in [3.05, 3.63) is 65.1 Å². The molecule has 5 nitrogen and oxygen atoms in total. The molecule has 0 N–H and O–H groups in total. The lowest BCUT2D eigenvalue weighted by atomic mass is 9.69. The summed E-state index contributed by atoms with van der Waals surface area (Å²) in [5, 5.41) is 0. The molecule has 0 radical (unpaired) electrons. The monoisotopic (exact) mass is 407 g/mol. The van der Waals surface area contributed by atoms with Crippen LogP contribution in [0.5, 0.6) is 11.5 Å². The highest BCUT2D eigenvalue weighted by atomic mass is 19.1. The molecule has 2 aromatic carbocycles. The summed E-state index contributed by atoms with van der Waals surface area (Å²) in [7, 11) is 0. The van der Waals surface area contributed by atoms with Crippen molar-refractivity contribution in [3.8, 4) is 11.5 Å². The Morgan fingerprint density at radius 3 is 2.50 bits per heavy atom. The molecule has 1 amide bonds. The van der Waals surface area contributed by atoms with E-state index in [1.165, 1.54) is 12.1 Å². The molecule has 0 spiro atoms. The van der Waals surface area contributed by atoms with E-state index in [1.54, 1.807) is 17.0 Å². The number of carbonyl (C=O) groups is 2. The number of anilines is 1. The van der Waals surface area contributed by atoms with Crippen molar-refractivity contribution in [3.63, 3.8) is 0 Å². The molecule has 5 rings (SSSR count). The van der Waals surface area contributed by atoms with Gasteiger partial charge in [-0.2, -0.15) is 0 Å². The van der Waals surface area contributed by atoms with Crippen molar-refractivity contribution in [1.29, 1.82) is 0 Å². The predicted octanol–water partition coefficient (Wildman–Crippen LogP) is 4.72. The number of carbonyl (C=O) groups excluding carboxylic acids is 2. The zero-order chi connectivity index (χ0) is 21.0. The van der Waals surface area contributed by atoms with E-state index >= 15 is 0 Å². The summed E-state index contributed by atoms with van der Waals surface area (Å²) in [5.41, 5.74) is 2.60. The molecular formula is C24H22FNO4. The number of allylic oxidation sites excluding steroid dienone is 2. The largest absolute Gasteiger partial charge is 0.454 e. The van der Waals surface area contributed by atoms with Crippen molar-refractivity contribution in [2.75, 3.05) is 11.7 Å². The highest BCUT2D eigenvalue weighted by molar-refractivity contribution is 6.07. The minimum Gasteiger partial charge on any atom is -0.454 e. The first kappa shape index (κ1) is 18.9. The summed E-state index contributed by atoms with van der Waals surface area (Å²) >= 11 is 0. The summed E-state index contributed by atoms with van der Waals surface area (Å²) < 4.78 is 24.4. The number of amides is 1. The maximum atomic E-state index is 13.5. The van der Waals surface area contributed by atoms with Crippen LogP contribution in [0.4, 0.5) is 10.1 Å². The van der Waals surface area contributed by atoms with E-state index in [-0.39, 0.29) is 42.1 Å². The van der Waals surface area contributed by atoms with Gasteiger partial charge in [0.05, 0.1) is 0 Å². The first-order valence-corrected chi connectivity index (χ1v) is 10.1. The van der Waals surface area contributed by atoms with Crippen molar-refractivity contribution >= 4 is 17.4 Å². The number of nitrogens with zero attached hydrogens (tertiary/aromatic N) is 1. The quantitative estimate of drug-likeness (QED) is 0.723. The summed E-state index contributed by atoms with van der Waals surface area (Å²) in [6.07, 6.45) is 1.19. The Labute approximate surface area is 174 Å². The number of Topliss-reactive ketones (excluding diaryl/α,β-unsaturated/α-hetero) is 1. The maximum Gasteiger partial charge on any atom is 0.232 e. The van der Waals surface area contributed by atoms with Gasteiger partial charge >= 0.3 is 0 Å². The Morgan fingerprint density at radius 2 is 1.73 bits per heavy atom. The minimum absolute atomic E-state index is 0.0588. The molecule has 0 bridgehead atoms. The van der Waals surface area contributed by atoms with Crippen LogP contribution in [-0.4, -0.2) is 18.5 Å². The van der Waals surface area contributed by atoms with Gasteiger partial charge < -0.3 is 9.47 Å². The van der Waals surface area contributed by atoms with Crippen LogP contribution >= 0.6 is 0 Å². The molecule has 6 heteroatoms. The fourth-order valence-electron chi connectivity index (χ4n) is 4.72. The summed E-state index contributed by atoms with van der Waals surface area (Å²) in [5.74, 6) is 0.556. The summed E-state index contributed by atoms with van der Waals surface area (Å²) in [4.78, 5) is 28.2. The SMILES string of the molecule is CC1(C)CC(=O)C2=C(C1)N(c1ccc(F)cc1)C(=O)CC2c1ccc2c(c1)OCO2. The van der Waals surface area contributed by atoms with Gasteiger partial charge in [0.2, 0.25) is 12.7 Å². The summed E-state index contributed by atoms with van der Waals surface area (Å²) in [6.45, 7) is 4.24. The topological polar surface area (TPSA) is 55.8 Å². The van der Waals surface area contributed by atoms with Crippen molar-refractivity contribution in [2.45, 2.75) is 39.0 Å². The van der Waals surface area contributed by atoms with E-state index in [1.807, 2.05) is 32.0 Å². The molecule has 1 unspecified atom stereocenters. The lowest BCUT2D eigenvalue weighted by Gasteiger charge is -2.43. The molecular weight excluding hydrogens is 385 g/mol. The van der Waals surface area contributed by atoms with Gasteiger partial charge in [-0.25, -0.2) is 4.39 Å². The number of halogens is 1. The first-order chi connectivity index (χ1) is 14.3. The average molecular weight is 407 g/mol. The highest BCUT2D eigenvalue weighted by Gasteiger charge is 2.44. The average Bonchev–Trinajstić information content (AvgIpc) is 3.15. The lowest BCUT2D eigenvalue weighted by Crippen LogP contribution is -2.43. The van der Waals surface area contributed by atoms with Crippen molar-refractivity contribution in [1.82, 2.24) is 0 Å². The van der Waals surface area contributed by atoms with Crippen molar-refractivity contribution < 1.29 is 23.5 Å². The molecule has 0 aromatic heterocycles. The number of hydrogen-bond donors (Lipinski definition) is 0. The Hall–Kier alpha value is -3.15. The van der Waals surface area contributed by atoms with Crippen LogP contribution in [-0.2, 0) is 9.59 Å². The van der Waals surface area contributed by atoms with E-state index in [9.17, 15) is 14.0 Å². The molecule has 154 valence electrons. The second kappa shape index (κ2) is 6.69. The van der Waals surface area contributed by atoms with E-state index < -0.39 is 0 Å². The van der Waals surface area contributed by atoms with Crippen LogP contribution in [0, 0.1) is 11.2 Å². The molecule has 0 saturated heterocycles. The third-order valence-electron chi connectivity index (χ3n) is 6.03. The van der Waals surface area contributed by atoms with Crippen LogP contribution in [0.25, 0.3) is 0 Å². The smallest absolute Gasteiger partial charge is 0.232 e. The number of benzene rings is 2. The third kappa shape index (κ3) is 3.07. The number of hydrogen-bond acceptors (Lipinski definition) is 4. The molecule has 0 fully saturated rings. The van der Waals surface area contributed by atoms with Crippen LogP contribution in [0.2, 0.25) is 0 Å². The van der Waals surface area contributed by atoms with Crippen LogP contribution in [0.3, 0.4) is 0 Å². The number of ketones is 1. The Balaban J connectivity index is 1.65. The van der Waals surface area contributed by atoms with Gasteiger partial charge in [-0.05, 0) is 53.8 Å². The van der Waals surface area contributed by atoms with Crippen LogP contribution < -0.4 is 14.4 Å². The number of rotatable bonds is 2. The molecule has 0 saturated carbocycles. The van der Waals surface area contributed by atoms with Gasteiger partial charge in [0, 0.05) is 35.7 Å². The second-order valence-corrected chi connectivity index (χ2v) is 8.88. The van der Waals surface area contributed by atoms with E-state index in [0.29, 0.717) is 35.6 Å². The normalized spacial score (nSPS) is 22.4. The van der Waals surface area contributed by atoms with E-state index in [2.05, 4.69) is 0 Å². The van der Waals surface area contributed by atoms with Crippen LogP contribution in [0.15, 0.2) is 53.7 Å². The standard InChI is InChI=1S/C24H22FNO4/c1-24(2)11-18-23(19(27)12-24)17(14-3-8-20-21(9-14)30-13-29-20)10-22(28)26(18)16-6-4-15(25)5-7-16/h3-9,17H,10-13H2,1-2H3. The first-order valence-electron chi connectivity index (χ1n) is 10.1. The van der Waals surface area contributed by atoms with Gasteiger partial charge in [0.1, 0.15) is 5.82 Å². The zero-order valence-electron chi connectivity index (χ0n) is 16.9. The van der Waals surface area contributed by atoms with Gasteiger partial charge in [0.25, 0.3) is 0 Å². The van der Waals surface area contributed by atoms with Crippen molar-refractivity contribution in [2.24, 2.45) is 5.41 Å². The number of fused-ring (bicyclic) bond motifs is 1. The van der Waals surface area contributed by atoms with Gasteiger partial charge in [-0.3, -0.25) is 14.5 Å². The molecule has 2 heterocycles. The Morgan fingerprint density at radius 1 is 1.00 bits per heavy atom. The molecule has 1 aliphatic carbocycles.